The molecule has 1 aromatic carbocycles. The van der Waals surface area contributed by atoms with Gasteiger partial charge in [-0.15, -0.1) is 11.8 Å². The molecule has 0 unspecified atom stereocenters. The van der Waals surface area contributed by atoms with Crippen LogP contribution in [-0.2, 0) is 0 Å². The maximum absolute atomic E-state index is 11.5. The zero-order valence-corrected chi connectivity index (χ0v) is 13.3. The van der Waals surface area contributed by atoms with Crippen LogP contribution >= 0.6 is 11.8 Å². The van der Waals surface area contributed by atoms with E-state index >= 15 is 0 Å². The molecule has 1 aliphatic rings. The SMILES string of the molecule is COc1cc2c(S[C@@H]3CCCNC3)nccc2cc1C(N)=O. The number of pyridine rings is 1. The number of rotatable bonds is 4. The van der Waals surface area contributed by atoms with Gasteiger partial charge in [0.15, 0.2) is 0 Å². The number of hydrogen-bond acceptors (Lipinski definition) is 5. The minimum absolute atomic E-state index is 0.400. The summed E-state index contributed by atoms with van der Waals surface area (Å²) in [6.45, 7) is 2.09. The second kappa shape index (κ2) is 6.54. The second-order valence-electron chi connectivity index (χ2n) is 5.34. The van der Waals surface area contributed by atoms with Crippen LogP contribution in [0.15, 0.2) is 29.4 Å². The van der Waals surface area contributed by atoms with Gasteiger partial charge in [0.2, 0.25) is 0 Å². The Bertz CT molecular complexity index is 699. The van der Waals surface area contributed by atoms with E-state index < -0.39 is 5.91 Å². The Morgan fingerprint density at radius 1 is 1.50 bits per heavy atom. The molecule has 0 bridgehead atoms. The fraction of sp³-hybridized carbons (Fsp3) is 0.375. The summed E-state index contributed by atoms with van der Waals surface area (Å²) < 4.78 is 5.31. The Labute approximate surface area is 133 Å². The first-order chi connectivity index (χ1) is 10.7. The molecule has 1 fully saturated rings. The lowest BCUT2D eigenvalue weighted by Crippen LogP contribution is -2.31. The molecule has 1 amide bonds. The van der Waals surface area contributed by atoms with Crippen molar-refractivity contribution in [2.75, 3.05) is 20.2 Å². The summed E-state index contributed by atoms with van der Waals surface area (Å²) in [7, 11) is 1.54. The van der Waals surface area contributed by atoms with Crippen molar-refractivity contribution in [1.29, 1.82) is 0 Å². The summed E-state index contributed by atoms with van der Waals surface area (Å²) in [5, 5.41) is 6.86. The number of nitrogens with one attached hydrogen (secondary N) is 1. The van der Waals surface area contributed by atoms with Gasteiger partial charge >= 0.3 is 0 Å². The van der Waals surface area contributed by atoms with Crippen LogP contribution in [0.25, 0.3) is 10.8 Å². The third kappa shape index (κ3) is 3.03. The van der Waals surface area contributed by atoms with Gasteiger partial charge in [0, 0.05) is 23.4 Å². The highest BCUT2D eigenvalue weighted by atomic mass is 32.2. The van der Waals surface area contributed by atoms with Crippen LogP contribution in [0.3, 0.4) is 0 Å². The van der Waals surface area contributed by atoms with Gasteiger partial charge in [0.05, 0.1) is 12.7 Å². The van der Waals surface area contributed by atoms with Gasteiger partial charge < -0.3 is 15.8 Å². The molecule has 3 N–H and O–H groups in total. The van der Waals surface area contributed by atoms with Gasteiger partial charge in [-0.3, -0.25) is 4.79 Å². The van der Waals surface area contributed by atoms with Crippen LogP contribution in [0.1, 0.15) is 23.2 Å². The van der Waals surface area contributed by atoms with Crippen molar-refractivity contribution in [2.45, 2.75) is 23.1 Å². The molecule has 3 rings (SSSR count). The average Bonchev–Trinajstić information content (AvgIpc) is 2.55. The van der Waals surface area contributed by atoms with Crippen LogP contribution < -0.4 is 15.8 Å². The molecule has 2 aromatic rings. The molecule has 0 radical (unpaired) electrons. The number of carbonyl (C=O) groups excluding carboxylic acids is 1. The normalized spacial score (nSPS) is 18.3. The number of methoxy groups -OCH3 is 1. The lowest BCUT2D eigenvalue weighted by atomic mass is 10.1. The van der Waals surface area contributed by atoms with E-state index in [-0.39, 0.29) is 0 Å². The van der Waals surface area contributed by atoms with Gasteiger partial charge in [-0.05, 0) is 43.0 Å². The fourth-order valence-electron chi connectivity index (χ4n) is 2.71. The number of carbonyl (C=O) groups is 1. The molecule has 6 heteroatoms. The number of nitrogens with two attached hydrogens (primary N) is 1. The zero-order chi connectivity index (χ0) is 15.5. The van der Waals surface area contributed by atoms with Crippen LogP contribution in [0, 0.1) is 0 Å². The molecule has 116 valence electrons. The summed E-state index contributed by atoms with van der Waals surface area (Å²) in [6, 6.07) is 5.53. The van der Waals surface area contributed by atoms with E-state index in [1.165, 1.54) is 12.8 Å². The second-order valence-corrected chi connectivity index (χ2v) is 6.63. The van der Waals surface area contributed by atoms with E-state index in [0.717, 1.165) is 28.9 Å². The van der Waals surface area contributed by atoms with Crippen molar-refractivity contribution in [2.24, 2.45) is 5.73 Å². The number of fused-ring (bicyclic) bond motifs is 1. The molecule has 1 aliphatic heterocycles. The van der Waals surface area contributed by atoms with Crippen molar-refractivity contribution in [3.8, 4) is 5.75 Å². The van der Waals surface area contributed by atoms with E-state index in [4.69, 9.17) is 10.5 Å². The highest BCUT2D eigenvalue weighted by Gasteiger charge is 2.18. The fourth-order valence-corrected chi connectivity index (χ4v) is 3.94. The first kappa shape index (κ1) is 15.1. The molecule has 1 aromatic heterocycles. The first-order valence-corrected chi connectivity index (χ1v) is 8.21. The Kier molecular flexibility index (Phi) is 4.49. The molecule has 2 heterocycles. The number of thioether (sulfide) groups is 1. The van der Waals surface area contributed by atoms with Crippen molar-refractivity contribution in [1.82, 2.24) is 10.3 Å². The summed E-state index contributed by atoms with van der Waals surface area (Å²) in [5.74, 6) is 0.0119. The standard InChI is InChI=1S/C16H19N3O2S/c1-21-14-8-12-10(7-13(14)15(17)20)4-6-19-16(12)22-11-3-2-5-18-9-11/h4,6-8,11,18H,2-3,5,9H2,1H3,(H2,17,20)/t11-/m1/s1. The van der Waals surface area contributed by atoms with Gasteiger partial charge in [-0.25, -0.2) is 4.98 Å². The smallest absolute Gasteiger partial charge is 0.252 e. The lowest BCUT2D eigenvalue weighted by Gasteiger charge is -2.22. The maximum atomic E-state index is 11.5. The van der Waals surface area contributed by atoms with Gasteiger partial charge in [-0.2, -0.15) is 0 Å². The molecule has 0 spiro atoms. The minimum atomic E-state index is -0.485. The highest BCUT2D eigenvalue weighted by molar-refractivity contribution is 8.00. The largest absolute Gasteiger partial charge is 0.496 e. The number of piperidine rings is 1. The van der Waals surface area contributed by atoms with E-state index in [2.05, 4.69) is 10.3 Å². The van der Waals surface area contributed by atoms with Crippen LogP contribution in [0.2, 0.25) is 0 Å². The molecular formula is C16H19N3O2S. The van der Waals surface area contributed by atoms with Crippen LogP contribution in [-0.4, -0.2) is 36.3 Å². The van der Waals surface area contributed by atoms with Gasteiger partial charge in [0.25, 0.3) is 5.91 Å². The molecular weight excluding hydrogens is 298 g/mol. The number of primary amides is 1. The lowest BCUT2D eigenvalue weighted by molar-refractivity contribution is 0.0997. The third-order valence-corrected chi connectivity index (χ3v) is 5.13. The monoisotopic (exact) mass is 317 g/mol. The Morgan fingerprint density at radius 2 is 2.36 bits per heavy atom. The Hall–Kier alpha value is -1.79. The number of nitrogens with zero attached hydrogens (tertiary/aromatic N) is 1. The number of amides is 1. The van der Waals surface area contributed by atoms with Crippen LogP contribution in [0.4, 0.5) is 0 Å². The topological polar surface area (TPSA) is 77.2 Å². The Morgan fingerprint density at radius 3 is 3.05 bits per heavy atom. The maximum Gasteiger partial charge on any atom is 0.252 e. The van der Waals surface area contributed by atoms with Crippen molar-refractivity contribution in [3.63, 3.8) is 0 Å². The zero-order valence-electron chi connectivity index (χ0n) is 12.5. The number of benzene rings is 1. The molecule has 0 aliphatic carbocycles. The molecule has 5 nitrogen and oxygen atoms in total. The number of ether oxygens (including phenoxy) is 1. The van der Waals surface area contributed by atoms with Crippen molar-refractivity contribution in [3.05, 3.63) is 30.0 Å². The number of hydrogen-bond donors (Lipinski definition) is 2. The molecule has 1 saturated heterocycles. The predicted octanol–water partition coefficient (Wildman–Crippen LogP) is 2.19. The van der Waals surface area contributed by atoms with Crippen molar-refractivity contribution >= 4 is 28.4 Å². The minimum Gasteiger partial charge on any atom is -0.496 e. The summed E-state index contributed by atoms with van der Waals surface area (Å²) in [6.07, 6.45) is 4.15. The van der Waals surface area contributed by atoms with Crippen molar-refractivity contribution < 1.29 is 9.53 Å². The van der Waals surface area contributed by atoms with E-state index in [1.807, 2.05) is 12.1 Å². The predicted molar refractivity (Wildman–Crippen MR) is 88.6 cm³/mol. The Balaban J connectivity index is 2.01. The quantitative estimate of drug-likeness (QED) is 0.904. The van der Waals surface area contributed by atoms with E-state index in [9.17, 15) is 4.79 Å². The third-order valence-electron chi connectivity index (χ3n) is 3.84. The molecule has 0 saturated carbocycles. The molecule has 22 heavy (non-hydrogen) atoms. The van der Waals surface area contributed by atoms with E-state index in [0.29, 0.717) is 16.6 Å². The molecule has 1 atom stereocenters. The summed E-state index contributed by atoms with van der Waals surface area (Å²) >= 11 is 1.78. The summed E-state index contributed by atoms with van der Waals surface area (Å²) in [4.78, 5) is 16.1. The van der Waals surface area contributed by atoms with Gasteiger partial charge in [0.1, 0.15) is 10.8 Å². The number of aromatic nitrogens is 1. The summed E-state index contributed by atoms with van der Waals surface area (Å²) in [5.41, 5.74) is 5.82. The van der Waals surface area contributed by atoms with E-state index in [1.54, 1.807) is 31.1 Å². The van der Waals surface area contributed by atoms with Crippen LogP contribution in [0.5, 0.6) is 5.75 Å². The first-order valence-electron chi connectivity index (χ1n) is 7.33. The average molecular weight is 317 g/mol. The highest BCUT2D eigenvalue weighted by Crippen LogP contribution is 2.34. The van der Waals surface area contributed by atoms with Gasteiger partial charge in [-0.1, -0.05) is 0 Å².